The Hall–Kier alpha value is -1.42. The molecular formula is C17H22BrN3. The zero-order valence-electron chi connectivity index (χ0n) is 12.9. The fourth-order valence-electron chi connectivity index (χ4n) is 2.20. The first-order chi connectivity index (χ1) is 10.2. The molecule has 1 N–H and O–H groups in total. The van der Waals surface area contributed by atoms with Gasteiger partial charge in [0.2, 0.25) is 0 Å². The fourth-order valence-corrected chi connectivity index (χ4v) is 2.71. The van der Waals surface area contributed by atoms with Gasteiger partial charge in [0.05, 0.1) is 10.2 Å². The Kier molecular flexibility index (Phi) is 5.74. The second-order valence-corrected chi connectivity index (χ2v) is 5.78. The molecule has 0 aliphatic carbocycles. The van der Waals surface area contributed by atoms with Crippen molar-refractivity contribution < 1.29 is 0 Å². The Balaban J connectivity index is 2.45. The first kappa shape index (κ1) is 16.0. The van der Waals surface area contributed by atoms with Gasteiger partial charge in [0.1, 0.15) is 5.82 Å². The van der Waals surface area contributed by atoms with Crippen molar-refractivity contribution in [3.63, 3.8) is 0 Å². The maximum atomic E-state index is 4.73. The molecule has 2 aromatic rings. The monoisotopic (exact) mass is 347 g/mol. The van der Waals surface area contributed by atoms with Gasteiger partial charge in [0, 0.05) is 12.1 Å². The first-order valence-corrected chi connectivity index (χ1v) is 8.38. The molecule has 0 amide bonds. The Morgan fingerprint density at radius 1 is 1.05 bits per heavy atom. The van der Waals surface area contributed by atoms with E-state index >= 15 is 0 Å². The SMILES string of the molecule is CCCc1nc(-c2ccc(CC)cc2)nc(NCC)c1Br. The molecule has 2 rings (SSSR count). The predicted molar refractivity (Wildman–Crippen MR) is 92.7 cm³/mol. The highest BCUT2D eigenvalue weighted by Gasteiger charge is 2.12. The van der Waals surface area contributed by atoms with Gasteiger partial charge < -0.3 is 5.32 Å². The third kappa shape index (κ3) is 3.82. The van der Waals surface area contributed by atoms with Crippen LogP contribution in [0.3, 0.4) is 0 Å². The van der Waals surface area contributed by atoms with Crippen molar-refractivity contribution in [2.75, 3.05) is 11.9 Å². The topological polar surface area (TPSA) is 37.8 Å². The van der Waals surface area contributed by atoms with Crippen molar-refractivity contribution >= 4 is 21.7 Å². The second-order valence-electron chi connectivity index (χ2n) is 4.99. The van der Waals surface area contributed by atoms with E-state index < -0.39 is 0 Å². The van der Waals surface area contributed by atoms with E-state index in [4.69, 9.17) is 4.98 Å². The van der Waals surface area contributed by atoms with Crippen molar-refractivity contribution in [3.8, 4) is 11.4 Å². The Morgan fingerprint density at radius 2 is 1.76 bits per heavy atom. The smallest absolute Gasteiger partial charge is 0.161 e. The summed E-state index contributed by atoms with van der Waals surface area (Å²) in [5, 5.41) is 3.31. The van der Waals surface area contributed by atoms with E-state index in [0.717, 1.165) is 53.2 Å². The molecule has 0 unspecified atom stereocenters. The Morgan fingerprint density at radius 3 is 2.33 bits per heavy atom. The van der Waals surface area contributed by atoms with Gasteiger partial charge in [-0.05, 0) is 41.3 Å². The molecule has 21 heavy (non-hydrogen) atoms. The highest BCUT2D eigenvalue weighted by Crippen LogP contribution is 2.28. The lowest BCUT2D eigenvalue weighted by Crippen LogP contribution is -2.06. The standard InChI is InChI=1S/C17H22BrN3/c1-4-7-14-15(18)17(19-6-3)21-16(20-14)13-10-8-12(5-2)9-11-13/h8-11H,4-7H2,1-3H3,(H,19,20,21). The maximum absolute atomic E-state index is 4.73. The van der Waals surface area contributed by atoms with Gasteiger partial charge in [0.15, 0.2) is 5.82 Å². The lowest BCUT2D eigenvalue weighted by Gasteiger charge is -2.12. The van der Waals surface area contributed by atoms with Gasteiger partial charge in [-0.3, -0.25) is 0 Å². The highest BCUT2D eigenvalue weighted by molar-refractivity contribution is 9.10. The number of hydrogen-bond acceptors (Lipinski definition) is 3. The number of anilines is 1. The molecule has 1 aromatic carbocycles. The molecule has 0 spiro atoms. The maximum Gasteiger partial charge on any atom is 0.161 e. The van der Waals surface area contributed by atoms with Gasteiger partial charge in [-0.15, -0.1) is 0 Å². The molecule has 1 aromatic heterocycles. The van der Waals surface area contributed by atoms with Crippen molar-refractivity contribution in [3.05, 3.63) is 40.0 Å². The molecule has 1 heterocycles. The van der Waals surface area contributed by atoms with Crippen LogP contribution < -0.4 is 5.32 Å². The Bertz CT molecular complexity index is 566. The minimum atomic E-state index is 0.792. The van der Waals surface area contributed by atoms with Crippen LogP contribution in [-0.4, -0.2) is 16.5 Å². The van der Waals surface area contributed by atoms with Gasteiger partial charge in [-0.25, -0.2) is 9.97 Å². The van der Waals surface area contributed by atoms with Gasteiger partial charge in [-0.2, -0.15) is 0 Å². The third-order valence-corrected chi connectivity index (χ3v) is 4.20. The van der Waals surface area contributed by atoms with Crippen LogP contribution in [0, 0.1) is 0 Å². The summed E-state index contributed by atoms with van der Waals surface area (Å²) in [7, 11) is 0. The van der Waals surface area contributed by atoms with Crippen LogP contribution in [0.25, 0.3) is 11.4 Å². The normalized spacial score (nSPS) is 10.7. The summed E-state index contributed by atoms with van der Waals surface area (Å²) < 4.78 is 0.986. The number of aromatic nitrogens is 2. The molecule has 0 saturated heterocycles. The highest BCUT2D eigenvalue weighted by atomic mass is 79.9. The number of benzene rings is 1. The average molecular weight is 348 g/mol. The van der Waals surface area contributed by atoms with E-state index in [1.807, 2.05) is 0 Å². The molecule has 0 aliphatic heterocycles. The summed E-state index contributed by atoms with van der Waals surface area (Å²) in [6.07, 6.45) is 3.06. The van der Waals surface area contributed by atoms with E-state index in [-0.39, 0.29) is 0 Å². The van der Waals surface area contributed by atoms with Crippen molar-refractivity contribution in [2.24, 2.45) is 0 Å². The minimum absolute atomic E-state index is 0.792. The molecule has 0 saturated carbocycles. The largest absolute Gasteiger partial charge is 0.369 e. The fraction of sp³-hybridized carbons (Fsp3) is 0.412. The molecule has 0 bridgehead atoms. The quantitative estimate of drug-likeness (QED) is 0.811. The van der Waals surface area contributed by atoms with Crippen LogP contribution in [0.2, 0.25) is 0 Å². The molecule has 3 nitrogen and oxygen atoms in total. The number of hydrogen-bond donors (Lipinski definition) is 1. The van der Waals surface area contributed by atoms with Gasteiger partial charge >= 0.3 is 0 Å². The first-order valence-electron chi connectivity index (χ1n) is 7.59. The zero-order chi connectivity index (χ0) is 15.2. The van der Waals surface area contributed by atoms with E-state index in [0.29, 0.717) is 0 Å². The lowest BCUT2D eigenvalue weighted by molar-refractivity contribution is 0.867. The number of aryl methyl sites for hydroxylation is 2. The number of nitrogens with one attached hydrogen (secondary N) is 1. The van der Waals surface area contributed by atoms with Crippen LogP contribution in [-0.2, 0) is 12.8 Å². The second kappa shape index (κ2) is 7.55. The van der Waals surface area contributed by atoms with Crippen LogP contribution in [0.5, 0.6) is 0 Å². The van der Waals surface area contributed by atoms with E-state index in [9.17, 15) is 0 Å². The van der Waals surface area contributed by atoms with Gasteiger partial charge in [0.25, 0.3) is 0 Å². The summed E-state index contributed by atoms with van der Waals surface area (Å²) >= 11 is 3.63. The van der Waals surface area contributed by atoms with Crippen LogP contribution in [0.1, 0.15) is 38.4 Å². The van der Waals surface area contributed by atoms with Gasteiger partial charge in [-0.1, -0.05) is 44.5 Å². The molecular weight excluding hydrogens is 326 g/mol. The van der Waals surface area contributed by atoms with E-state index in [2.05, 4.69) is 71.3 Å². The number of rotatable bonds is 6. The van der Waals surface area contributed by atoms with Crippen molar-refractivity contribution in [2.45, 2.75) is 40.0 Å². The average Bonchev–Trinajstić information content (AvgIpc) is 2.51. The summed E-state index contributed by atoms with van der Waals surface area (Å²) in [6, 6.07) is 8.50. The van der Waals surface area contributed by atoms with Crippen LogP contribution >= 0.6 is 15.9 Å². The van der Waals surface area contributed by atoms with E-state index in [1.54, 1.807) is 0 Å². The van der Waals surface area contributed by atoms with E-state index in [1.165, 1.54) is 5.56 Å². The zero-order valence-corrected chi connectivity index (χ0v) is 14.5. The number of nitrogens with zero attached hydrogens (tertiary/aromatic N) is 2. The molecule has 0 aliphatic rings. The molecule has 0 radical (unpaired) electrons. The van der Waals surface area contributed by atoms with Crippen molar-refractivity contribution in [1.29, 1.82) is 0 Å². The predicted octanol–water partition coefficient (Wildman–Crippen LogP) is 4.85. The molecule has 0 fully saturated rings. The molecule has 4 heteroatoms. The minimum Gasteiger partial charge on any atom is -0.369 e. The summed E-state index contributed by atoms with van der Waals surface area (Å²) in [5.74, 6) is 1.67. The molecule has 0 atom stereocenters. The lowest BCUT2D eigenvalue weighted by atomic mass is 10.1. The summed E-state index contributed by atoms with van der Waals surface area (Å²) in [5.41, 5.74) is 3.46. The van der Waals surface area contributed by atoms with Crippen LogP contribution in [0.15, 0.2) is 28.7 Å². The van der Waals surface area contributed by atoms with Crippen molar-refractivity contribution in [1.82, 2.24) is 9.97 Å². The third-order valence-electron chi connectivity index (χ3n) is 3.37. The number of halogens is 1. The van der Waals surface area contributed by atoms with Crippen LogP contribution in [0.4, 0.5) is 5.82 Å². The molecule has 112 valence electrons. The summed E-state index contributed by atoms with van der Waals surface area (Å²) in [6.45, 7) is 7.24. The summed E-state index contributed by atoms with van der Waals surface area (Å²) in [4.78, 5) is 9.39. The Labute approximate surface area is 135 Å².